The van der Waals surface area contributed by atoms with Crippen LogP contribution in [0.3, 0.4) is 0 Å². The van der Waals surface area contributed by atoms with Gasteiger partial charge in [0.25, 0.3) is 5.91 Å². The van der Waals surface area contributed by atoms with Crippen LogP contribution in [0.2, 0.25) is 0 Å². The van der Waals surface area contributed by atoms with Crippen LogP contribution in [0.1, 0.15) is 47.5 Å². The number of ether oxygens (including phenoxy) is 1. The SMILES string of the molecule is COc1ccccc1C1CNCCN1C(=O)c1cc(C)nc2c1cnn2C(C)C. The maximum atomic E-state index is 13.7. The summed E-state index contributed by atoms with van der Waals surface area (Å²) in [6.45, 7) is 8.12. The molecule has 7 heteroatoms. The topological polar surface area (TPSA) is 72.3 Å². The van der Waals surface area contributed by atoms with E-state index in [2.05, 4.69) is 29.2 Å². The minimum absolute atomic E-state index is 0.00112. The fourth-order valence-electron chi connectivity index (χ4n) is 4.02. The first-order valence-corrected chi connectivity index (χ1v) is 10.0. The third kappa shape index (κ3) is 3.46. The predicted octanol–water partition coefficient (Wildman–Crippen LogP) is 3.12. The highest BCUT2D eigenvalue weighted by Gasteiger charge is 2.32. The number of pyridine rings is 1. The van der Waals surface area contributed by atoms with Crippen LogP contribution in [-0.4, -0.2) is 52.3 Å². The summed E-state index contributed by atoms with van der Waals surface area (Å²) in [5.41, 5.74) is 3.23. The number of carbonyl (C=O) groups is 1. The van der Waals surface area contributed by atoms with Gasteiger partial charge in [0.15, 0.2) is 5.65 Å². The summed E-state index contributed by atoms with van der Waals surface area (Å²) in [5.74, 6) is 0.795. The van der Waals surface area contributed by atoms with Crippen molar-refractivity contribution in [3.8, 4) is 5.75 Å². The average Bonchev–Trinajstić information content (AvgIpc) is 3.16. The molecule has 1 atom stereocenters. The van der Waals surface area contributed by atoms with Gasteiger partial charge in [0, 0.05) is 36.9 Å². The van der Waals surface area contributed by atoms with Crippen LogP contribution in [0.25, 0.3) is 11.0 Å². The van der Waals surface area contributed by atoms with Gasteiger partial charge in [-0.2, -0.15) is 5.10 Å². The van der Waals surface area contributed by atoms with Crippen LogP contribution in [-0.2, 0) is 0 Å². The van der Waals surface area contributed by atoms with Crippen LogP contribution in [0.4, 0.5) is 0 Å². The van der Waals surface area contributed by atoms with Gasteiger partial charge < -0.3 is 15.0 Å². The molecule has 1 fully saturated rings. The number of aromatic nitrogens is 3. The van der Waals surface area contributed by atoms with Gasteiger partial charge in [-0.1, -0.05) is 18.2 Å². The molecule has 1 aliphatic heterocycles. The molecule has 7 nitrogen and oxygen atoms in total. The van der Waals surface area contributed by atoms with Crippen LogP contribution < -0.4 is 10.1 Å². The molecule has 1 unspecified atom stereocenters. The number of piperazine rings is 1. The molecule has 1 aromatic carbocycles. The molecule has 0 aliphatic carbocycles. The summed E-state index contributed by atoms with van der Waals surface area (Å²) in [4.78, 5) is 20.3. The smallest absolute Gasteiger partial charge is 0.255 e. The van der Waals surface area contributed by atoms with Crippen molar-refractivity contribution in [1.82, 2.24) is 25.0 Å². The zero-order chi connectivity index (χ0) is 20.5. The molecular formula is C22H27N5O2. The number of nitrogens with zero attached hydrogens (tertiary/aromatic N) is 4. The highest BCUT2D eigenvalue weighted by molar-refractivity contribution is 6.05. The van der Waals surface area contributed by atoms with Crippen LogP contribution in [0.5, 0.6) is 5.75 Å². The second-order valence-electron chi connectivity index (χ2n) is 7.69. The number of methoxy groups -OCH3 is 1. The maximum Gasteiger partial charge on any atom is 0.255 e. The van der Waals surface area contributed by atoms with Gasteiger partial charge in [0.2, 0.25) is 0 Å². The lowest BCUT2D eigenvalue weighted by atomic mass is 10.00. The molecule has 152 valence electrons. The van der Waals surface area contributed by atoms with Crippen molar-refractivity contribution in [2.24, 2.45) is 0 Å². The Morgan fingerprint density at radius 1 is 1.31 bits per heavy atom. The van der Waals surface area contributed by atoms with E-state index in [-0.39, 0.29) is 18.0 Å². The summed E-state index contributed by atoms with van der Waals surface area (Å²) in [6, 6.07) is 9.84. The number of aryl methyl sites for hydroxylation is 1. The third-order valence-corrected chi connectivity index (χ3v) is 5.42. The standard InChI is InChI=1S/C22H27N5O2/c1-14(2)27-21-18(12-24-27)17(11-15(3)25-21)22(28)26-10-9-23-13-19(26)16-7-5-6-8-20(16)29-4/h5-8,11-12,14,19,23H,9-10,13H2,1-4H3. The molecule has 3 heterocycles. The lowest BCUT2D eigenvalue weighted by molar-refractivity contribution is 0.0633. The molecule has 0 saturated carbocycles. The van der Waals surface area contributed by atoms with Gasteiger partial charge in [0.1, 0.15) is 5.75 Å². The van der Waals surface area contributed by atoms with E-state index in [0.29, 0.717) is 18.7 Å². The van der Waals surface area contributed by atoms with E-state index in [1.165, 1.54) is 0 Å². The lowest BCUT2D eigenvalue weighted by Gasteiger charge is -2.37. The number of rotatable bonds is 4. The number of amides is 1. The second-order valence-corrected chi connectivity index (χ2v) is 7.69. The second kappa shape index (κ2) is 7.83. The molecule has 2 aromatic heterocycles. The molecule has 29 heavy (non-hydrogen) atoms. The van der Waals surface area contributed by atoms with E-state index < -0.39 is 0 Å². The van der Waals surface area contributed by atoms with Gasteiger partial charge in [-0.25, -0.2) is 9.67 Å². The van der Waals surface area contributed by atoms with E-state index in [1.807, 2.05) is 46.8 Å². The van der Waals surface area contributed by atoms with Gasteiger partial charge in [0.05, 0.1) is 30.3 Å². The van der Waals surface area contributed by atoms with Crippen molar-refractivity contribution in [3.05, 3.63) is 53.3 Å². The molecule has 1 amide bonds. The first kappa shape index (κ1) is 19.4. The molecule has 4 rings (SSSR count). The van der Waals surface area contributed by atoms with Crippen molar-refractivity contribution in [1.29, 1.82) is 0 Å². The Hall–Kier alpha value is -2.93. The number of benzene rings is 1. The highest BCUT2D eigenvalue weighted by atomic mass is 16.5. The molecular weight excluding hydrogens is 366 g/mol. The Morgan fingerprint density at radius 2 is 2.10 bits per heavy atom. The predicted molar refractivity (Wildman–Crippen MR) is 112 cm³/mol. The fraction of sp³-hybridized carbons (Fsp3) is 0.409. The first-order chi connectivity index (χ1) is 14.0. The lowest BCUT2D eigenvalue weighted by Crippen LogP contribution is -2.48. The number of carbonyl (C=O) groups excluding carboxylic acids is 1. The number of hydrogen-bond acceptors (Lipinski definition) is 5. The zero-order valence-electron chi connectivity index (χ0n) is 17.3. The number of fused-ring (bicyclic) bond motifs is 1. The summed E-state index contributed by atoms with van der Waals surface area (Å²) >= 11 is 0. The minimum Gasteiger partial charge on any atom is -0.496 e. The third-order valence-electron chi connectivity index (χ3n) is 5.42. The largest absolute Gasteiger partial charge is 0.496 e. The van der Waals surface area contributed by atoms with Crippen LogP contribution >= 0.6 is 0 Å². The Bertz CT molecular complexity index is 1040. The summed E-state index contributed by atoms with van der Waals surface area (Å²) in [6.07, 6.45) is 1.76. The Kier molecular flexibility index (Phi) is 5.24. The van der Waals surface area contributed by atoms with Gasteiger partial charge in [-0.05, 0) is 32.9 Å². The number of nitrogens with one attached hydrogen (secondary N) is 1. The molecule has 0 spiro atoms. The van der Waals surface area contributed by atoms with Crippen molar-refractivity contribution in [2.75, 3.05) is 26.7 Å². The summed E-state index contributed by atoms with van der Waals surface area (Å²) < 4.78 is 7.43. The summed E-state index contributed by atoms with van der Waals surface area (Å²) in [5, 5.41) is 8.69. The van der Waals surface area contributed by atoms with E-state index in [1.54, 1.807) is 13.3 Å². The minimum atomic E-state index is -0.101. The number of hydrogen-bond donors (Lipinski definition) is 1. The monoisotopic (exact) mass is 393 g/mol. The van der Waals surface area contributed by atoms with Crippen LogP contribution in [0.15, 0.2) is 36.5 Å². The van der Waals surface area contributed by atoms with Crippen LogP contribution in [0, 0.1) is 6.92 Å². The fourth-order valence-corrected chi connectivity index (χ4v) is 4.02. The molecule has 3 aromatic rings. The van der Waals surface area contributed by atoms with Gasteiger partial charge in [-0.3, -0.25) is 4.79 Å². The van der Waals surface area contributed by atoms with Gasteiger partial charge in [-0.15, -0.1) is 0 Å². The van der Waals surface area contributed by atoms with Crippen molar-refractivity contribution in [3.63, 3.8) is 0 Å². The van der Waals surface area contributed by atoms with E-state index in [0.717, 1.165) is 34.6 Å². The molecule has 1 N–H and O–H groups in total. The molecule has 1 saturated heterocycles. The Morgan fingerprint density at radius 3 is 2.86 bits per heavy atom. The Balaban J connectivity index is 1.78. The van der Waals surface area contributed by atoms with Crippen molar-refractivity contribution in [2.45, 2.75) is 32.9 Å². The quantitative estimate of drug-likeness (QED) is 0.737. The van der Waals surface area contributed by atoms with Crippen molar-refractivity contribution < 1.29 is 9.53 Å². The maximum absolute atomic E-state index is 13.7. The normalized spacial score (nSPS) is 17.1. The van der Waals surface area contributed by atoms with E-state index in [9.17, 15) is 4.79 Å². The average molecular weight is 393 g/mol. The number of para-hydroxylation sites is 1. The summed E-state index contributed by atoms with van der Waals surface area (Å²) in [7, 11) is 1.66. The van der Waals surface area contributed by atoms with Crippen molar-refractivity contribution >= 4 is 16.9 Å². The molecule has 0 radical (unpaired) electrons. The molecule has 0 bridgehead atoms. The molecule has 1 aliphatic rings. The van der Waals surface area contributed by atoms with E-state index in [4.69, 9.17) is 4.74 Å². The highest BCUT2D eigenvalue weighted by Crippen LogP contribution is 2.32. The van der Waals surface area contributed by atoms with E-state index >= 15 is 0 Å². The zero-order valence-corrected chi connectivity index (χ0v) is 17.3. The van der Waals surface area contributed by atoms with Gasteiger partial charge >= 0.3 is 0 Å². The Labute approximate surface area is 170 Å². The first-order valence-electron chi connectivity index (χ1n) is 10.0.